The fourth-order valence-electron chi connectivity index (χ4n) is 2.67. The predicted octanol–water partition coefficient (Wildman–Crippen LogP) is 2.30. The Morgan fingerprint density at radius 2 is 1.94 bits per heavy atom. The summed E-state index contributed by atoms with van der Waals surface area (Å²) >= 11 is 0. The Hall–Kier alpha value is -1.32. The van der Waals surface area contributed by atoms with E-state index in [1.165, 1.54) is 0 Å². The average molecular weight is 253 g/mol. The fourth-order valence-corrected chi connectivity index (χ4v) is 2.67. The van der Waals surface area contributed by atoms with Crippen molar-refractivity contribution >= 4 is 11.9 Å². The number of hydrogen-bond acceptors (Lipinski definition) is 2. The van der Waals surface area contributed by atoms with Crippen LogP contribution in [-0.2, 0) is 9.59 Å². The van der Waals surface area contributed by atoms with Crippen LogP contribution in [0.4, 0.5) is 0 Å². The van der Waals surface area contributed by atoms with Crippen LogP contribution in [-0.4, -0.2) is 35.0 Å². The molecule has 0 aromatic heterocycles. The molecule has 0 spiro atoms. The lowest BCUT2D eigenvalue weighted by Gasteiger charge is -2.32. The van der Waals surface area contributed by atoms with Crippen molar-refractivity contribution in [2.75, 3.05) is 13.1 Å². The van der Waals surface area contributed by atoms with Gasteiger partial charge in [0, 0.05) is 13.1 Å². The number of carboxylic acids is 1. The van der Waals surface area contributed by atoms with E-state index in [0.717, 1.165) is 19.3 Å². The average Bonchev–Trinajstić information content (AvgIpc) is 2.37. The number of nitrogens with zero attached hydrogens (tertiary/aromatic N) is 1. The van der Waals surface area contributed by atoms with Crippen molar-refractivity contribution in [3.05, 3.63) is 12.7 Å². The zero-order valence-electron chi connectivity index (χ0n) is 11.1. The molecule has 1 saturated carbocycles. The van der Waals surface area contributed by atoms with Gasteiger partial charge in [0.1, 0.15) is 0 Å². The first kappa shape index (κ1) is 14.7. The molecule has 0 heterocycles. The van der Waals surface area contributed by atoms with Crippen molar-refractivity contribution in [3.8, 4) is 0 Å². The number of rotatable bonds is 6. The number of amides is 1. The maximum absolute atomic E-state index is 12.4. The van der Waals surface area contributed by atoms with Crippen LogP contribution in [0.5, 0.6) is 0 Å². The van der Waals surface area contributed by atoms with E-state index in [1.807, 2.05) is 6.92 Å². The lowest BCUT2D eigenvalue weighted by molar-refractivity contribution is -0.152. The van der Waals surface area contributed by atoms with E-state index in [0.29, 0.717) is 25.9 Å². The molecule has 1 amide bonds. The number of hydrogen-bond donors (Lipinski definition) is 1. The largest absolute Gasteiger partial charge is 0.481 e. The third-order valence-corrected chi connectivity index (χ3v) is 3.56. The highest BCUT2D eigenvalue weighted by Gasteiger charge is 2.37. The Bertz CT molecular complexity index is 314. The van der Waals surface area contributed by atoms with Crippen LogP contribution in [0.15, 0.2) is 12.7 Å². The maximum atomic E-state index is 12.4. The molecule has 4 heteroatoms. The molecule has 0 bridgehead atoms. The third kappa shape index (κ3) is 3.59. The lowest BCUT2D eigenvalue weighted by atomic mass is 9.78. The second-order valence-corrected chi connectivity index (χ2v) is 4.91. The summed E-state index contributed by atoms with van der Waals surface area (Å²) in [7, 11) is 0. The summed E-state index contributed by atoms with van der Waals surface area (Å²) in [6.45, 7) is 6.85. The Kier molecular flexibility index (Phi) is 5.89. The summed E-state index contributed by atoms with van der Waals surface area (Å²) in [5.74, 6) is -1.69. The predicted molar refractivity (Wildman–Crippen MR) is 70.2 cm³/mol. The summed E-state index contributed by atoms with van der Waals surface area (Å²) < 4.78 is 0. The Balaban J connectivity index is 2.76. The molecular weight excluding hydrogens is 230 g/mol. The molecule has 1 rings (SSSR count). The summed E-state index contributed by atoms with van der Waals surface area (Å²) in [4.78, 5) is 25.4. The minimum atomic E-state index is -0.830. The highest BCUT2D eigenvalue weighted by atomic mass is 16.4. The molecule has 0 radical (unpaired) electrons. The maximum Gasteiger partial charge on any atom is 0.307 e. The first-order valence-electron chi connectivity index (χ1n) is 6.74. The van der Waals surface area contributed by atoms with Gasteiger partial charge in [-0.2, -0.15) is 0 Å². The lowest BCUT2D eigenvalue weighted by Crippen LogP contribution is -2.42. The van der Waals surface area contributed by atoms with Gasteiger partial charge < -0.3 is 10.0 Å². The van der Waals surface area contributed by atoms with Crippen molar-refractivity contribution < 1.29 is 14.7 Å². The Labute approximate surface area is 109 Å². The van der Waals surface area contributed by atoms with Crippen molar-refractivity contribution in [1.29, 1.82) is 0 Å². The highest BCUT2D eigenvalue weighted by Crippen LogP contribution is 2.31. The molecule has 0 aliphatic heterocycles. The first-order chi connectivity index (χ1) is 8.61. The van der Waals surface area contributed by atoms with Gasteiger partial charge >= 0.3 is 5.97 Å². The molecular formula is C14H23NO3. The monoisotopic (exact) mass is 253 g/mol. The molecule has 1 aliphatic rings. The molecule has 4 nitrogen and oxygen atoms in total. The van der Waals surface area contributed by atoms with Gasteiger partial charge in [0.25, 0.3) is 0 Å². The zero-order valence-corrected chi connectivity index (χ0v) is 11.1. The van der Waals surface area contributed by atoms with Gasteiger partial charge in [0.2, 0.25) is 5.91 Å². The van der Waals surface area contributed by atoms with E-state index in [-0.39, 0.29) is 11.8 Å². The van der Waals surface area contributed by atoms with E-state index in [1.54, 1.807) is 11.0 Å². The molecule has 0 saturated heterocycles. The number of carbonyl (C=O) groups excluding carboxylic acids is 1. The van der Waals surface area contributed by atoms with Crippen LogP contribution in [0.25, 0.3) is 0 Å². The van der Waals surface area contributed by atoms with Crippen molar-refractivity contribution in [2.24, 2.45) is 11.8 Å². The molecule has 1 aliphatic carbocycles. The first-order valence-corrected chi connectivity index (χ1v) is 6.74. The van der Waals surface area contributed by atoms with Gasteiger partial charge in [0.05, 0.1) is 11.8 Å². The molecule has 18 heavy (non-hydrogen) atoms. The van der Waals surface area contributed by atoms with Crippen molar-refractivity contribution in [2.45, 2.75) is 39.0 Å². The van der Waals surface area contributed by atoms with Crippen LogP contribution in [0.1, 0.15) is 39.0 Å². The van der Waals surface area contributed by atoms with Crippen LogP contribution in [0.3, 0.4) is 0 Å². The quantitative estimate of drug-likeness (QED) is 0.739. The van der Waals surface area contributed by atoms with Gasteiger partial charge in [-0.3, -0.25) is 9.59 Å². The fraction of sp³-hybridized carbons (Fsp3) is 0.714. The molecule has 0 aromatic carbocycles. The highest BCUT2D eigenvalue weighted by molar-refractivity contribution is 5.85. The smallest absolute Gasteiger partial charge is 0.307 e. The standard InChI is InChI=1S/C14H23NO3/c1-3-9-15(10-4-2)13(16)11-7-5-6-8-12(11)14(17)18/h3,11-12H,1,4-10H2,2H3,(H,17,18)/t11-,12+/m1/s1. The minimum Gasteiger partial charge on any atom is -0.481 e. The Morgan fingerprint density at radius 1 is 1.33 bits per heavy atom. The number of aliphatic carboxylic acids is 1. The molecule has 0 unspecified atom stereocenters. The SMILES string of the molecule is C=CCN(CCC)C(=O)[C@@H]1CCCC[C@@H]1C(=O)O. The molecule has 2 atom stereocenters. The van der Waals surface area contributed by atoms with Crippen molar-refractivity contribution in [1.82, 2.24) is 4.90 Å². The summed E-state index contributed by atoms with van der Waals surface area (Å²) in [5, 5.41) is 9.21. The van der Waals surface area contributed by atoms with Crippen LogP contribution < -0.4 is 0 Å². The second-order valence-electron chi connectivity index (χ2n) is 4.91. The summed E-state index contributed by atoms with van der Waals surface area (Å²) in [6.07, 6.45) is 5.77. The molecule has 1 fully saturated rings. The van der Waals surface area contributed by atoms with Gasteiger partial charge in [0.15, 0.2) is 0 Å². The second kappa shape index (κ2) is 7.19. The van der Waals surface area contributed by atoms with E-state index in [9.17, 15) is 14.7 Å². The molecule has 102 valence electrons. The van der Waals surface area contributed by atoms with Crippen LogP contribution in [0.2, 0.25) is 0 Å². The van der Waals surface area contributed by atoms with E-state index in [4.69, 9.17) is 0 Å². The minimum absolute atomic E-state index is 0.0103. The van der Waals surface area contributed by atoms with Crippen LogP contribution >= 0.6 is 0 Å². The third-order valence-electron chi connectivity index (χ3n) is 3.56. The molecule has 1 N–H and O–H groups in total. The number of carbonyl (C=O) groups is 2. The van der Waals surface area contributed by atoms with Gasteiger partial charge in [-0.25, -0.2) is 0 Å². The van der Waals surface area contributed by atoms with Gasteiger partial charge in [-0.15, -0.1) is 6.58 Å². The van der Waals surface area contributed by atoms with Crippen LogP contribution in [0, 0.1) is 11.8 Å². The summed E-state index contributed by atoms with van der Waals surface area (Å²) in [5.41, 5.74) is 0. The normalized spacial score (nSPS) is 23.4. The van der Waals surface area contributed by atoms with E-state index >= 15 is 0 Å². The van der Waals surface area contributed by atoms with Gasteiger partial charge in [-0.05, 0) is 19.3 Å². The van der Waals surface area contributed by atoms with Crippen molar-refractivity contribution in [3.63, 3.8) is 0 Å². The van der Waals surface area contributed by atoms with E-state index < -0.39 is 11.9 Å². The zero-order chi connectivity index (χ0) is 13.5. The topological polar surface area (TPSA) is 57.6 Å². The Morgan fingerprint density at radius 3 is 2.44 bits per heavy atom. The number of carboxylic acid groups (broad SMARTS) is 1. The molecule has 0 aromatic rings. The summed E-state index contributed by atoms with van der Waals surface area (Å²) in [6, 6.07) is 0. The van der Waals surface area contributed by atoms with Gasteiger partial charge in [-0.1, -0.05) is 25.8 Å². The van der Waals surface area contributed by atoms with E-state index in [2.05, 4.69) is 6.58 Å².